The minimum Gasteiger partial charge on any atom is -0.493 e. The van der Waals surface area contributed by atoms with Crippen molar-refractivity contribution in [2.75, 3.05) is 23.0 Å². The summed E-state index contributed by atoms with van der Waals surface area (Å²) in [5, 5.41) is 0. The van der Waals surface area contributed by atoms with Crippen molar-refractivity contribution >= 4 is 34.1 Å². The highest BCUT2D eigenvalue weighted by Crippen LogP contribution is 2.61. The van der Waals surface area contributed by atoms with E-state index in [2.05, 4.69) is 278 Å². The molecule has 8 aromatic rings. The van der Waals surface area contributed by atoms with Crippen LogP contribution in [-0.4, -0.2) is 13.2 Å². The van der Waals surface area contributed by atoms with E-state index in [0.717, 1.165) is 131 Å². The Kier molecular flexibility index (Phi) is 26.3. The quantitative estimate of drug-likeness (QED) is 0.0358. The van der Waals surface area contributed by atoms with Crippen molar-refractivity contribution in [1.82, 2.24) is 0 Å². The van der Waals surface area contributed by atoms with E-state index in [1.54, 1.807) is 11.1 Å². The monoisotopic (exact) mass is 1410 g/mol. The lowest BCUT2D eigenvalue weighted by molar-refractivity contribution is 0.203. The minimum atomic E-state index is -0.246. The second-order valence-electron chi connectivity index (χ2n) is 33.6. The second-order valence-corrected chi connectivity index (χ2v) is 33.6. The highest BCUT2D eigenvalue weighted by molar-refractivity contribution is 5.91. The van der Waals surface area contributed by atoms with E-state index in [0.29, 0.717) is 11.8 Å². The molecule has 0 amide bonds. The van der Waals surface area contributed by atoms with Crippen LogP contribution < -0.4 is 28.7 Å². The molecule has 3 atom stereocenters. The van der Waals surface area contributed by atoms with Crippen LogP contribution in [0.2, 0.25) is 0 Å². The van der Waals surface area contributed by atoms with Crippen molar-refractivity contribution in [3.05, 3.63) is 191 Å². The van der Waals surface area contributed by atoms with Gasteiger partial charge in [-0.1, -0.05) is 287 Å². The first-order chi connectivity index (χ1) is 50.8. The first kappa shape index (κ1) is 78.6. The van der Waals surface area contributed by atoms with Crippen LogP contribution in [0.15, 0.2) is 158 Å². The van der Waals surface area contributed by atoms with Gasteiger partial charge >= 0.3 is 0 Å². The molecule has 0 bridgehead atoms. The Balaban J connectivity index is 0.991. The number of hydrogen-bond acceptors (Lipinski definition) is 6. The molecule has 1 aliphatic carbocycles. The van der Waals surface area contributed by atoms with Crippen LogP contribution >= 0.6 is 0 Å². The molecule has 0 radical (unpaired) electrons. The van der Waals surface area contributed by atoms with Crippen LogP contribution in [0.4, 0.5) is 34.1 Å². The Morgan fingerprint density at radius 1 is 0.362 bits per heavy atom. The summed E-state index contributed by atoms with van der Waals surface area (Å²) in [6.07, 6.45) is 31.6. The van der Waals surface area contributed by atoms with Crippen LogP contribution in [0.1, 0.15) is 311 Å². The van der Waals surface area contributed by atoms with Gasteiger partial charge in [-0.05, 0) is 227 Å². The topological polar surface area (TPSA) is 43.4 Å². The van der Waals surface area contributed by atoms with E-state index < -0.39 is 0 Å². The number of fused-ring (bicyclic) bond motifs is 7. The molecule has 0 fully saturated rings. The molecule has 6 heteroatoms. The molecule has 2 aliphatic heterocycles. The Bertz CT molecular complexity index is 4110. The molecular weight excluding hydrogens is 1280 g/mol. The van der Waals surface area contributed by atoms with Gasteiger partial charge in [0, 0.05) is 27.6 Å². The molecule has 3 aliphatic rings. The number of ether oxygens (including phenoxy) is 4. The molecule has 2 heterocycles. The summed E-state index contributed by atoms with van der Waals surface area (Å²) >= 11 is 0. The van der Waals surface area contributed by atoms with Gasteiger partial charge in [-0.25, -0.2) is 0 Å². The Labute approximate surface area is 636 Å². The largest absolute Gasteiger partial charge is 0.493 e. The Hall–Kier alpha value is -7.44. The van der Waals surface area contributed by atoms with Gasteiger partial charge in [0.1, 0.15) is 11.5 Å². The van der Waals surface area contributed by atoms with E-state index in [1.807, 2.05) is 0 Å². The Morgan fingerprint density at radius 2 is 0.752 bits per heavy atom. The predicted molar refractivity (Wildman–Crippen MR) is 450 cm³/mol. The van der Waals surface area contributed by atoms with E-state index >= 15 is 0 Å². The molecule has 0 aromatic heterocycles. The van der Waals surface area contributed by atoms with Gasteiger partial charge in [0.05, 0.1) is 36.0 Å². The Morgan fingerprint density at radius 3 is 1.17 bits per heavy atom. The molecule has 105 heavy (non-hydrogen) atoms. The fourth-order valence-corrected chi connectivity index (χ4v) is 18.0. The number of rotatable bonds is 39. The number of benzene rings is 8. The fourth-order valence-electron chi connectivity index (χ4n) is 18.0. The molecule has 0 spiro atoms. The summed E-state index contributed by atoms with van der Waals surface area (Å²) in [5.74, 6) is 6.21. The third kappa shape index (κ3) is 16.7. The van der Waals surface area contributed by atoms with Crippen molar-refractivity contribution in [3.63, 3.8) is 0 Å². The number of unbranched alkanes of at least 4 members (excludes halogenated alkanes) is 12. The SMILES string of the molecule is CCCCCCCCC1(CCCCCCCC)c2cc(C(C)(C)CC)ccc2-c2ccc(C(C)(CC)C(CC)(CC)c3ccc4c(c3)Oc3cc(-c5ccc6c(c5)Oc5cc(C(C)(C)C)ccc5N6c5ccc(OCC(CC)CCCC)cc5)ccc3N4c3ccc(OCC(CC)CCCC)cc3)cc21. The molecule has 6 nitrogen and oxygen atoms in total. The standard InChI is InChI=1S/C99H132N2O4/c1-17-27-31-33-35-37-61-98(62-38-36-34-32-28-18-2)85-65-76(96(14,15)23-7)43-55-83(85)84-56-44-77(66-86(84)98)97(16,24-8)99(25-9,26-10)78-46-60-90-94(68-78)105-92-64-74(42-58-88(92)101(90)80-49-53-82(54-50-80)103-70-72(22-6)40-30-20-4)73-41-57-87-91(63-73)104-93-67-75(95(11,12)13)45-59-89(93)100(87)79-47-51-81(52-48-79)102-69-71(21-5)39-29-19-3/h41-60,63-68,71-72H,17-40,61-62,69-70H2,1-16H3. The molecule has 11 rings (SSSR count). The predicted octanol–water partition coefficient (Wildman–Crippen LogP) is 30.9. The average molecular weight is 1410 g/mol. The molecule has 0 saturated heterocycles. The van der Waals surface area contributed by atoms with Crippen LogP contribution in [0, 0.1) is 11.8 Å². The summed E-state index contributed by atoms with van der Waals surface area (Å²) in [4.78, 5) is 4.77. The number of hydrogen-bond donors (Lipinski definition) is 0. The van der Waals surface area contributed by atoms with E-state index in [4.69, 9.17) is 18.9 Å². The zero-order valence-electron chi connectivity index (χ0n) is 68.0. The van der Waals surface area contributed by atoms with Crippen molar-refractivity contribution in [1.29, 1.82) is 0 Å². The van der Waals surface area contributed by atoms with Crippen molar-refractivity contribution in [3.8, 4) is 56.8 Å². The summed E-state index contributed by atoms with van der Waals surface area (Å²) in [6, 6.07) is 60.6. The normalized spacial score (nSPS) is 14.8. The molecular formula is C99H132N2O4. The molecule has 8 aromatic carbocycles. The van der Waals surface area contributed by atoms with Crippen LogP contribution in [-0.2, 0) is 27.1 Å². The van der Waals surface area contributed by atoms with Gasteiger partial charge in [-0.15, -0.1) is 0 Å². The van der Waals surface area contributed by atoms with E-state index in [-0.39, 0.29) is 27.1 Å². The van der Waals surface area contributed by atoms with Crippen LogP contribution in [0.25, 0.3) is 22.3 Å². The first-order valence-electron chi connectivity index (χ1n) is 42.1. The zero-order valence-corrected chi connectivity index (χ0v) is 68.0. The average Bonchev–Trinajstić information content (AvgIpc) is 1.66. The first-order valence-corrected chi connectivity index (χ1v) is 42.1. The lowest BCUT2D eigenvalue weighted by Gasteiger charge is -2.50. The second kappa shape index (κ2) is 35.1. The molecule has 0 saturated carbocycles. The smallest absolute Gasteiger partial charge is 0.152 e. The van der Waals surface area contributed by atoms with E-state index in [9.17, 15) is 0 Å². The van der Waals surface area contributed by atoms with Crippen molar-refractivity contribution < 1.29 is 18.9 Å². The van der Waals surface area contributed by atoms with Crippen LogP contribution in [0.5, 0.6) is 34.5 Å². The lowest BCUT2D eigenvalue weighted by atomic mass is 9.54. The van der Waals surface area contributed by atoms with Gasteiger partial charge in [0.15, 0.2) is 23.0 Å². The third-order valence-corrected chi connectivity index (χ3v) is 25.8. The van der Waals surface area contributed by atoms with Gasteiger partial charge in [-0.2, -0.15) is 0 Å². The van der Waals surface area contributed by atoms with Gasteiger partial charge in [0.2, 0.25) is 0 Å². The lowest BCUT2D eigenvalue weighted by Crippen LogP contribution is -2.46. The maximum atomic E-state index is 7.53. The maximum Gasteiger partial charge on any atom is 0.152 e. The van der Waals surface area contributed by atoms with Gasteiger partial charge in [0.25, 0.3) is 0 Å². The minimum absolute atomic E-state index is 0.0410. The fraction of sp³-hybridized carbons (Fsp3) is 0.515. The third-order valence-electron chi connectivity index (χ3n) is 25.8. The zero-order chi connectivity index (χ0) is 74.5. The van der Waals surface area contributed by atoms with Gasteiger partial charge in [-0.3, -0.25) is 0 Å². The summed E-state index contributed by atoms with van der Waals surface area (Å²) < 4.78 is 27.7. The number of anilines is 6. The summed E-state index contributed by atoms with van der Waals surface area (Å²) in [7, 11) is 0. The highest BCUT2D eigenvalue weighted by atomic mass is 16.5. The maximum absolute atomic E-state index is 7.53. The van der Waals surface area contributed by atoms with Crippen LogP contribution in [0.3, 0.4) is 0 Å². The van der Waals surface area contributed by atoms with E-state index in [1.165, 1.54) is 162 Å². The molecule has 562 valence electrons. The molecule has 3 unspecified atom stereocenters. The highest BCUT2D eigenvalue weighted by Gasteiger charge is 2.50. The molecule has 0 N–H and O–H groups in total. The van der Waals surface area contributed by atoms with Crippen molar-refractivity contribution in [2.24, 2.45) is 11.8 Å². The summed E-state index contributed by atoms with van der Waals surface area (Å²) in [6.45, 7) is 39.4. The van der Waals surface area contributed by atoms with Crippen molar-refractivity contribution in [2.45, 2.75) is 305 Å². The number of nitrogens with zero attached hydrogens (tertiary/aromatic N) is 2. The van der Waals surface area contributed by atoms with Gasteiger partial charge < -0.3 is 28.7 Å². The summed E-state index contributed by atoms with van der Waals surface area (Å²) in [5.41, 5.74) is 19.4.